The molecule has 0 radical (unpaired) electrons. The normalized spacial score (nSPS) is 12.9. The monoisotopic (exact) mass is 236 g/mol. The molecule has 1 aromatic rings. The number of quaternary nitrogens is 1. The molecule has 0 aliphatic carbocycles. The largest absolute Gasteiger partial charge is 0.328 e. The number of hydrogen-bond donors (Lipinski definition) is 0. The Balaban J connectivity index is 2.77. The van der Waals surface area contributed by atoms with E-state index in [1.807, 2.05) is 0 Å². The van der Waals surface area contributed by atoms with Crippen molar-refractivity contribution in [1.29, 1.82) is 0 Å². The zero-order valence-electron chi connectivity index (χ0n) is 11.7. The molecular weight excluding hydrogens is 210 g/mol. The molecular formula is C14H26NSi+. The van der Waals surface area contributed by atoms with E-state index in [-0.39, 0.29) is 0 Å². The molecule has 0 aliphatic heterocycles. The van der Waals surface area contributed by atoms with E-state index >= 15 is 0 Å². The molecule has 16 heavy (non-hydrogen) atoms. The van der Waals surface area contributed by atoms with Gasteiger partial charge < -0.3 is 4.48 Å². The Bertz CT molecular complexity index is 350. The average molecular weight is 236 g/mol. The molecule has 0 spiro atoms. The van der Waals surface area contributed by atoms with Gasteiger partial charge in [-0.15, -0.1) is 0 Å². The summed E-state index contributed by atoms with van der Waals surface area (Å²) in [5.74, 6) is 0. The molecule has 0 heterocycles. The van der Waals surface area contributed by atoms with Crippen LogP contribution >= 0.6 is 0 Å². The van der Waals surface area contributed by atoms with Crippen molar-refractivity contribution in [3.05, 3.63) is 35.4 Å². The SMILES string of the molecule is Cc1ccccc1C[N+](C)(C)C[Si](C)(C)C. The van der Waals surface area contributed by atoms with Crippen molar-refractivity contribution < 1.29 is 4.48 Å². The predicted octanol–water partition coefficient (Wildman–Crippen LogP) is 3.45. The van der Waals surface area contributed by atoms with Crippen LogP contribution in [0.3, 0.4) is 0 Å². The topological polar surface area (TPSA) is 0 Å². The lowest BCUT2D eigenvalue weighted by atomic mass is 10.1. The highest BCUT2D eigenvalue weighted by molar-refractivity contribution is 6.75. The number of aryl methyl sites for hydroxylation is 1. The summed E-state index contributed by atoms with van der Waals surface area (Å²) in [7, 11) is 3.71. The van der Waals surface area contributed by atoms with E-state index in [0.29, 0.717) is 0 Å². The molecule has 0 saturated carbocycles. The fraction of sp³-hybridized carbons (Fsp3) is 0.571. The van der Waals surface area contributed by atoms with Crippen molar-refractivity contribution >= 4 is 8.07 Å². The summed E-state index contributed by atoms with van der Waals surface area (Å²) in [6.07, 6.45) is 1.33. The Morgan fingerprint density at radius 2 is 1.62 bits per heavy atom. The third-order valence-corrected chi connectivity index (χ3v) is 4.57. The van der Waals surface area contributed by atoms with E-state index in [4.69, 9.17) is 0 Å². The van der Waals surface area contributed by atoms with Crippen LogP contribution in [-0.2, 0) is 6.54 Å². The Kier molecular flexibility index (Phi) is 3.97. The number of rotatable bonds is 4. The zero-order valence-corrected chi connectivity index (χ0v) is 12.7. The molecule has 0 aliphatic rings. The molecule has 0 aromatic heterocycles. The molecule has 0 unspecified atom stereocenters. The second kappa shape index (κ2) is 4.72. The summed E-state index contributed by atoms with van der Waals surface area (Å²) in [4.78, 5) is 0. The fourth-order valence-electron chi connectivity index (χ4n) is 2.59. The van der Waals surface area contributed by atoms with Gasteiger partial charge in [-0.2, -0.15) is 0 Å². The summed E-state index contributed by atoms with van der Waals surface area (Å²) < 4.78 is 1.11. The van der Waals surface area contributed by atoms with E-state index in [9.17, 15) is 0 Å². The first kappa shape index (κ1) is 13.5. The Morgan fingerprint density at radius 1 is 1.06 bits per heavy atom. The van der Waals surface area contributed by atoms with Gasteiger partial charge >= 0.3 is 0 Å². The Labute approximate surface area is 102 Å². The van der Waals surface area contributed by atoms with Gasteiger partial charge in [0, 0.05) is 5.56 Å². The van der Waals surface area contributed by atoms with E-state index in [0.717, 1.165) is 11.0 Å². The average Bonchev–Trinajstić information content (AvgIpc) is 2.04. The van der Waals surface area contributed by atoms with Crippen LogP contribution in [-0.4, -0.2) is 32.8 Å². The van der Waals surface area contributed by atoms with Gasteiger partial charge in [0.15, 0.2) is 0 Å². The fourth-order valence-corrected chi connectivity index (χ4v) is 5.27. The van der Waals surface area contributed by atoms with Crippen molar-refractivity contribution in [3.8, 4) is 0 Å². The number of hydrogen-bond acceptors (Lipinski definition) is 0. The summed E-state index contributed by atoms with van der Waals surface area (Å²) >= 11 is 0. The van der Waals surface area contributed by atoms with Crippen molar-refractivity contribution in [1.82, 2.24) is 0 Å². The quantitative estimate of drug-likeness (QED) is 0.555. The minimum atomic E-state index is -0.992. The van der Waals surface area contributed by atoms with Crippen molar-refractivity contribution in [2.75, 3.05) is 20.3 Å². The smallest absolute Gasteiger partial charge is 0.110 e. The van der Waals surface area contributed by atoms with Gasteiger partial charge in [-0.3, -0.25) is 0 Å². The first-order valence-corrected chi connectivity index (χ1v) is 9.77. The number of nitrogens with zero attached hydrogens (tertiary/aromatic N) is 1. The minimum Gasteiger partial charge on any atom is -0.328 e. The van der Waals surface area contributed by atoms with Gasteiger partial charge in [0.25, 0.3) is 0 Å². The van der Waals surface area contributed by atoms with Crippen LogP contribution in [0.5, 0.6) is 0 Å². The summed E-state index contributed by atoms with van der Waals surface area (Å²) in [6, 6.07) is 8.75. The van der Waals surface area contributed by atoms with Crippen LogP contribution in [0.1, 0.15) is 11.1 Å². The Hall–Kier alpha value is -0.603. The van der Waals surface area contributed by atoms with Crippen LogP contribution in [0, 0.1) is 6.92 Å². The maximum Gasteiger partial charge on any atom is 0.110 e. The molecule has 0 amide bonds. The van der Waals surface area contributed by atoms with Crippen LogP contribution < -0.4 is 0 Å². The molecule has 2 heteroatoms. The van der Waals surface area contributed by atoms with Gasteiger partial charge in [-0.05, 0) is 12.5 Å². The predicted molar refractivity (Wildman–Crippen MR) is 75.2 cm³/mol. The second-order valence-electron chi connectivity index (χ2n) is 6.74. The minimum absolute atomic E-state index is 0.992. The van der Waals surface area contributed by atoms with Crippen LogP contribution in [0.25, 0.3) is 0 Å². The van der Waals surface area contributed by atoms with Crippen molar-refractivity contribution in [2.24, 2.45) is 0 Å². The van der Waals surface area contributed by atoms with Crippen LogP contribution in [0.15, 0.2) is 24.3 Å². The molecule has 1 rings (SSSR count). The van der Waals surface area contributed by atoms with Gasteiger partial charge in [0.05, 0.1) is 20.3 Å². The van der Waals surface area contributed by atoms with E-state index in [2.05, 4.69) is 64.9 Å². The Morgan fingerprint density at radius 3 is 2.12 bits per heavy atom. The molecule has 0 bridgehead atoms. The first-order chi connectivity index (χ1) is 7.20. The summed E-state index contributed by atoms with van der Waals surface area (Å²) in [5.41, 5.74) is 2.91. The van der Waals surface area contributed by atoms with Crippen molar-refractivity contribution in [3.63, 3.8) is 0 Å². The highest BCUT2D eigenvalue weighted by Crippen LogP contribution is 2.16. The third kappa shape index (κ3) is 4.50. The molecule has 0 fully saturated rings. The molecule has 0 N–H and O–H groups in total. The lowest BCUT2D eigenvalue weighted by molar-refractivity contribution is -0.894. The zero-order chi connectivity index (χ0) is 12.4. The van der Waals surface area contributed by atoms with E-state index < -0.39 is 8.07 Å². The second-order valence-corrected chi connectivity index (χ2v) is 12.2. The van der Waals surface area contributed by atoms with Gasteiger partial charge in [-0.25, -0.2) is 0 Å². The van der Waals surface area contributed by atoms with Crippen LogP contribution in [0.2, 0.25) is 19.6 Å². The van der Waals surface area contributed by atoms with E-state index in [1.165, 1.54) is 17.3 Å². The molecule has 1 nitrogen and oxygen atoms in total. The molecule has 90 valence electrons. The first-order valence-electron chi connectivity index (χ1n) is 6.06. The molecule has 1 aromatic carbocycles. The number of benzene rings is 1. The highest BCUT2D eigenvalue weighted by Gasteiger charge is 2.26. The molecule has 0 saturated heterocycles. The highest BCUT2D eigenvalue weighted by atomic mass is 28.3. The lowest BCUT2D eigenvalue weighted by Gasteiger charge is -2.35. The lowest BCUT2D eigenvalue weighted by Crippen LogP contribution is -2.49. The van der Waals surface area contributed by atoms with Gasteiger partial charge in [0.2, 0.25) is 0 Å². The standard InChI is InChI=1S/C14H26NSi/c1-13-9-7-8-10-14(13)11-15(2,3)12-16(4,5)6/h7-10H,11-12H2,1-6H3/q+1. The van der Waals surface area contributed by atoms with Crippen molar-refractivity contribution in [2.45, 2.75) is 33.1 Å². The maximum absolute atomic E-state index is 2.45. The van der Waals surface area contributed by atoms with Crippen LogP contribution in [0.4, 0.5) is 0 Å². The maximum atomic E-state index is 2.45. The third-order valence-electron chi connectivity index (χ3n) is 2.76. The summed E-state index contributed by atoms with van der Waals surface area (Å²) in [5, 5.41) is 0. The van der Waals surface area contributed by atoms with Gasteiger partial charge in [0.1, 0.15) is 14.6 Å². The van der Waals surface area contributed by atoms with Gasteiger partial charge in [-0.1, -0.05) is 43.9 Å². The molecule has 0 atom stereocenters. The van der Waals surface area contributed by atoms with E-state index in [1.54, 1.807) is 0 Å². The summed E-state index contributed by atoms with van der Waals surface area (Å²) in [6.45, 7) is 10.7.